The van der Waals surface area contributed by atoms with Crippen molar-refractivity contribution < 1.29 is 23.1 Å². The number of ether oxygens (including phenoxy) is 1. The Morgan fingerprint density at radius 2 is 1.51 bits per heavy atom. The van der Waals surface area contributed by atoms with E-state index in [4.69, 9.17) is 4.74 Å². The van der Waals surface area contributed by atoms with Gasteiger partial charge in [0, 0.05) is 5.56 Å². The number of benzene rings is 4. The van der Waals surface area contributed by atoms with Gasteiger partial charge in [-0.1, -0.05) is 78.9 Å². The fourth-order valence-corrected chi connectivity index (χ4v) is 6.04. The van der Waals surface area contributed by atoms with Crippen LogP contribution >= 0.6 is 0 Å². The van der Waals surface area contributed by atoms with Crippen molar-refractivity contribution in [3.8, 4) is 16.9 Å². The first-order valence-corrected chi connectivity index (χ1v) is 13.8. The lowest BCUT2D eigenvalue weighted by Crippen LogP contribution is -2.30. The Bertz CT molecular complexity index is 1700. The zero-order valence-corrected chi connectivity index (χ0v) is 21.6. The van der Waals surface area contributed by atoms with Gasteiger partial charge in [0.15, 0.2) is 0 Å². The molecule has 0 saturated carbocycles. The van der Waals surface area contributed by atoms with Crippen LogP contribution in [0.2, 0.25) is 0 Å². The summed E-state index contributed by atoms with van der Waals surface area (Å²) in [7, 11) is -4.01. The van der Waals surface area contributed by atoms with Crippen molar-refractivity contribution >= 4 is 21.8 Å². The zero-order chi connectivity index (χ0) is 27.0. The third kappa shape index (κ3) is 4.80. The molecule has 4 aromatic carbocycles. The highest BCUT2D eigenvalue weighted by Crippen LogP contribution is 2.38. The van der Waals surface area contributed by atoms with Crippen molar-refractivity contribution in [3.05, 3.63) is 131 Å². The topological polar surface area (TPSA) is 108 Å². The molecule has 6 rings (SSSR count). The fraction of sp³-hybridized carbons (Fsp3) is 0.100. The molecule has 0 saturated heterocycles. The highest BCUT2D eigenvalue weighted by molar-refractivity contribution is 7.91. The van der Waals surface area contributed by atoms with Crippen molar-refractivity contribution in [2.45, 2.75) is 19.1 Å². The molecule has 0 radical (unpaired) electrons. The molecule has 2 heterocycles. The Kier molecular flexibility index (Phi) is 6.20. The minimum atomic E-state index is -4.01. The van der Waals surface area contributed by atoms with Crippen molar-refractivity contribution in [1.82, 2.24) is 10.0 Å². The molecule has 0 fully saturated rings. The van der Waals surface area contributed by atoms with E-state index in [0.717, 1.165) is 38.3 Å². The summed E-state index contributed by atoms with van der Waals surface area (Å²) in [5.74, 6) is -0.312. The fourth-order valence-electron chi connectivity index (χ4n) is 4.98. The second-order valence-corrected chi connectivity index (χ2v) is 10.9. The van der Waals surface area contributed by atoms with Crippen LogP contribution in [0, 0.1) is 0 Å². The lowest BCUT2D eigenvalue weighted by molar-refractivity contribution is 0.0939. The second-order valence-electron chi connectivity index (χ2n) is 9.36. The van der Waals surface area contributed by atoms with Gasteiger partial charge < -0.3 is 15.2 Å². The third-order valence-electron chi connectivity index (χ3n) is 6.77. The van der Waals surface area contributed by atoms with E-state index in [-0.39, 0.29) is 24.2 Å². The van der Waals surface area contributed by atoms with E-state index < -0.39 is 16.1 Å². The number of fused-ring (bicyclic) bond motifs is 3. The number of carbonyl (C=O) groups is 1. The molecule has 0 spiro atoms. The monoisotopic (exact) mass is 539 g/mol. The molecule has 0 aliphatic carbocycles. The van der Waals surface area contributed by atoms with Gasteiger partial charge >= 0.3 is 10.2 Å². The SMILES string of the molecule is O=C1NC(Cc2ccc(N3C=C(O)NS3(=O)=O)c(OCc3ccccc3)c2)c2ccccc2-c2ccccc21. The summed E-state index contributed by atoms with van der Waals surface area (Å²) < 4.78 is 34.4. The van der Waals surface area contributed by atoms with Crippen LogP contribution in [0.4, 0.5) is 5.69 Å². The molecule has 1 unspecified atom stereocenters. The van der Waals surface area contributed by atoms with Crippen LogP contribution in [0.1, 0.15) is 33.1 Å². The van der Waals surface area contributed by atoms with Crippen LogP contribution in [0.15, 0.2) is 109 Å². The van der Waals surface area contributed by atoms with Crippen LogP contribution in [-0.4, -0.2) is 19.4 Å². The minimum Gasteiger partial charge on any atom is -0.493 e. The largest absolute Gasteiger partial charge is 0.493 e. The van der Waals surface area contributed by atoms with Crippen LogP contribution in [0.5, 0.6) is 5.75 Å². The molecule has 1 atom stereocenters. The first-order valence-electron chi connectivity index (χ1n) is 12.4. The molecule has 39 heavy (non-hydrogen) atoms. The molecule has 196 valence electrons. The van der Waals surface area contributed by atoms with Gasteiger partial charge in [-0.3, -0.25) is 4.79 Å². The van der Waals surface area contributed by atoms with Crippen LogP contribution in [0.25, 0.3) is 11.1 Å². The Balaban J connectivity index is 1.37. The van der Waals surface area contributed by atoms with Gasteiger partial charge in [0.2, 0.25) is 5.88 Å². The van der Waals surface area contributed by atoms with Gasteiger partial charge in [-0.2, -0.15) is 8.42 Å². The van der Waals surface area contributed by atoms with E-state index in [9.17, 15) is 18.3 Å². The predicted molar refractivity (Wildman–Crippen MR) is 148 cm³/mol. The first-order chi connectivity index (χ1) is 18.9. The summed E-state index contributed by atoms with van der Waals surface area (Å²) in [6.45, 7) is 0.215. The number of aliphatic hydroxyl groups excluding tert-OH is 1. The van der Waals surface area contributed by atoms with E-state index in [1.165, 1.54) is 0 Å². The maximum atomic E-state index is 13.2. The smallest absolute Gasteiger partial charge is 0.330 e. The van der Waals surface area contributed by atoms with Gasteiger partial charge in [-0.15, -0.1) is 0 Å². The van der Waals surface area contributed by atoms with Crippen molar-refractivity contribution in [2.75, 3.05) is 4.31 Å². The number of rotatable bonds is 6. The number of anilines is 1. The molecule has 2 aliphatic rings. The second kappa shape index (κ2) is 9.85. The maximum absolute atomic E-state index is 13.2. The van der Waals surface area contributed by atoms with Gasteiger partial charge in [-0.05, 0) is 52.4 Å². The zero-order valence-electron chi connectivity index (χ0n) is 20.7. The normalized spacial score (nSPS) is 17.2. The van der Waals surface area contributed by atoms with E-state index in [0.29, 0.717) is 17.7 Å². The molecule has 1 amide bonds. The summed E-state index contributed by atoms with van der Waals surface area (Å²) in [6.07, 6.45) is 1.55. The van der Waals surface area contributed by atoms with Crippen molar-refractivity contribution in [1.29, 1.82) is 0 Å². The number of hydrogen-bond acceptors (Lipinski definition) is 5. The molecular weight excluding hydrogens is 514 g/mol. The first kappa shape index (κ1) is 24.6. The Morgan fingerprint density at radius 1 is 0.821 bits per heavy atom. The van der Waals surface area contributed by atoms with Crippen molar-refractivity contribution in [2.24, 2.45) is 0 Å². The molecule has 2 aliphatic heterocycles. The molecule has 4 aromatic rings. The summed E-state index contributed by atoms with van der Waals surface area (Å²) >= 11 is 0. The standard InChI is InChI=1S/C30H25N3O5S/c34-29-18-33(39(36,37)32-29)27-15-14-21(17-28(27)38-19-20-8-2-1-3-9-20)16-26-24-12-6-4-10-22(24)23-11-5-7-13-25(23)30(35)31-26/h1-15,17-18,26,32,34H,16,19H2,(H,31,35). The highest BCUT2D eigenvalue weighted by Gasteiger charge is 2.32. The van der Waals surface area contributed by atoms with Gasteiger partial charge in [0.05, 0.1) is 12.2 Å². The Hall–Kier alpha value is -4.76. The number of nitrogens with zero attached hydrogens (tertiary/aromatic N) is 1. The molecule has 0 bridgehead atoms. The van der Waals surface area contributed by atoms with E-state index in [1.54, 1.807) is 18.2 Å². The Morgan fingerprint density at radius 3 is 2.26 bits per heavy atom. The average Bonchev–Trinajstić information content (AvgIpc) is 3.16. The van der Waals surface area contributed by atoms with Crippen LogP contribution < -0.4 is 19.1 Å². The van der Waals surface area contributed by atoms with E-state index in [2.05, 4.69) is 10.0 Å². The van der Waals surface area contributed by atoms with E-state index in [1.807, 2.05) is 78.9 Å². The third-order valence-corrected chi connectivity index (χ3v) is 8.06. The number of nitrogens with one attached hydrogen (secondary N) is 2. The summed E-state index contributed by atoms with van der Waals surface area (Å²) in [5, 5.41) is 13.0. The lowest BCUT2D eigenvalue weighted by atomic mass is 9.91. The lowest BCUT2D eigenvalue weighted by Gasteiger charge is -2.22. The molecular formula is C30H25N3O5S. The van der Waals surface area contributed by atoms with Gasteiger partial charge in [0.25, 0.3) is 5.91 Å². The van der Waals surface area contributed by atoms with E-state index >= 15 is 0 Å². The Labute approximate surface area is 226 Å². The summed E-state index contributed by atoms with van der Waals surface area (Å²) in [4.78, 5) is 13.2. The number of carbonyl (C=O) groups excluding carboxylic acids is 1. The maximum Gasteiger partial charge on any atom is 0.330 e. The summed E-state index contributed by atoms with van der Waals surface area (Å²) in [5.41, 5.74) is 5.49. The van der Waals surface area contributed by atoms with Crippen LogP contribution in [0.3, 0.4) is 0 Å². The summed E-state index contributed by atoms with van der Waals surface area (Å²) in [6, 6.07) is 29.9. The molecule has 0 aromatic heterocycles. The highest BCUT2D eigenvalue weighted by atomic mass is 32.2. The van der Waals surface area contributed by atoms with Gasteiger partial charge in [-0.25, -0.2) is 9.03 Å². The average molecular weight is 540 g/mol. The number of amides is 1. The number of hydrogen-bond donors (Lipinski definition) is 3. The van der Waals surface area contributed by atoms with Gasteiger partial charge in [0.1, 0.15) is 18.0 Å². The molecule has 3 N–H and O–H groups in total. The minimum absolute atomic E-state index is 0.154. The predicted octanol–water partition coefficient (Wildman–Crippen LogP) is 4.97. The quantitative estimate of drug-likeness (QED) is 0.321. The number of aliphatic hydroxyl groups is 1. The van der Waals surface area contributed by atoms with Crippen molar-refractivity contribution in [3.63, 3.8) is 0 Å². The van der Waals surface area contributed by atoms with Crippen LogP contribution in [-0.2, 0) is 23.2 Å². The molecule has 9 heteroatoms. The molecule has 8 nitrogen and oxygen atoms in total.